The monoisotopic (exact) mass is 293 g/mol. The Morgan fingerprint density at radius 3 is 2.65 bits per heavy atom. The van der Waals surface area contributed by atoms with Crippen molar-refractivity contribution in [2.75, 3.05) is 6.61 Å². The molecule has 0 atom stereocenters. The van der Waals surface area contributed by atoms with Gasteiger partial charge < -0.3 is 9.30 Å². The van der Waals surface area contributed by atoms with Crippen LogP contribution in [0.1, 0.15) is 0 Å². The van der Waals surface area contributed by atoms with Crippen LogP contribution in [0.2, 0.25) is 0 Å². The second kappa shape index (κ2) is 5.68. The highest BCUT2D eigenvalue weighted by Gasteiger charge is 1.95. The van der Waals surface area contributed by atoms with Crippen molar-refractivity contribution in [1.29, 1.82) is 0 Å². The molecule has 3 nitrogen and oxygen atoms in total. The van der Waals surface area contributed by atoms with E-state index in [9.17, 15) is 4.79 Å². The molecule has 0 amide bonds. The van der Waals surface area contributed by atoms with Gasteiger partial charge in [0, 0.05) is 29.0 Å². The summed E-state index contributed by atoms with van der Waals surface area (Å²) in [5, 5.41) is 0. The molecule has 0 saturated heterocycles. The SMILES string of the molecule is O=c1ccn(CCOc2cccc(Br)c2)cc1. The Kier molecular flexibility index (Phi) is 3.98. The number of benzene rings is 1. The van der Waals surface area contributed by atoms with Crippen LogP contribution in [0.5, 0.6) is 5.75 Å². The van der Waals surface area contributed by atoms with Gasteiger partial charge in [0.25, 0.3) is 0 Å². The molecule has 0 aliphatic heterocycles. The lowest BCUT2D eigenvalue weighted by Crippen LogP contribution is -2.10. The van der Waals surface area contributed by atoms with Crippen LogP contribution in [0.15, 0.2) is 58.1 Å². The third-order valence-corrected chi connectivity index (χ3v) is 2.77. The predicted molar refractivity (Wildman–Crippen MR) is 70.3 cm³/mol. The Hall–Kier alpha value is -1.55. The summed E-state index contributed by atoms with van der Waals surface area (Å²) >= 11 is 3.39. The Morgan fingerprint density at radius 2 is 1.94 bits per heavy atom. The fraction of sp³-hybridized carbons (Fsp3) is 0.154. The lowest BCUT2D eigenvalue weighted by Gasteiger charge is -2.08. The van der Waals surface area contributed by atoms with E-state index in [-0.39, 0.29) is 5.43 Å². The van der Waals surface area contributed by atoms with Crippen molar-refractivity contribution in [2.45, 2.75) is 6.54 Å². The zero-order valence-electron chi connectivity index (χ0n) is 9.17. The minimum absolute atomic E-state index is 0.0224. The molecule has 0 saturated carbocycles. The van der Waals surface area contributed by atoms with Crippen LogP contribution in [0, 0.1) is 0 Å². The van der Waals surface area contributed by atoms with E-state index in [2.05, 4.69) is 15.9 Å². The minimum atomic E-state index is 0.0224. The average molecular weight is 294 g/mol. The molecule has 17 heavy (non-hydrogen) atoms. The Balaban J connectivity index is 1.87. The quantitative estimate of drug-likeness (QED) is 0.868. The molecule has 2 rings (SSSR count). The van der Waals surface area contributed by atoms with Gasteiger partial charge >= 0.3 is 0 Å². The highest BCUT2D eigenvalue weighted by atomic mass is 79.9. The van der Waals surface area contributed by atoms with Gasteiger partial charge in [-0.1, -0.05) is 22.0 Å². The predicted octanol–water partition coefficient (Wildman–Crippen LogP) is 2.69. The molecule has 0 unspecified atom stereocenters. The summed E-state index contributed by atoms with van der Waals surface area (Å²) in [5.74, 6) is 0.834. The first-order valence-corrected chi connectivity index (χ1v) is 6.08. The van der Waals surface area contributed by atoms with E-state index in [4.69, 9.17) is 4.74 Å². The first kappa shape index (κ1) is 11.9. The first-order valence-electron chi connectivity index (χ1n) is 5.28. The summed E-state index contributed by atoms with van der Waals surface area (Å²) in [6, 6.07) is 10.8. The molecule has 88 valence electrons. The van der Waals surface area contributed by atoms with Gasteiger partial charge in [0.05, 0.1) is 6.54 Å². The third-order valence-electron chi connectivity index (χ3n) is 2.27. The number of hydrogen-bond acceptors (Lipinski definition) is 2. The van der Waals surface area contributed by atoms with Crippen LogP contribution >= 0.6 is 15.9 Å². The van der Waals surface area contributed by atoms with Gasteiger partial charge in [-0.15, -0.1) is 0 Å². The molecule has 1 aromatic heterocycles. The molecule has 0 aliphatic rings. The standard InChI is InChI=1S/C13H12BrNO2/c14-11-2-1-3-13(10-11)17-9-8-15-6-4-12(16)5-7-15/h1-7,10H,8-9H2. The summed E-state index contributed by atoms with van der Waals surface area (Å²) in [4.78, 5) is 10.9. The lowest BCUT2D eigenvalue weighted by atomic mass is 10.3. The molecule has 0 bridgehead atoms. The maximum absolute atomic E-state index is 10.9. The van der Waals surface area contributed by atoms with Crippen molar-refractivity contribution in [1.82, 2.24) is 4.57 Å². The van der Waals surface area contributed by atoms with Gasteiger partial charge in [0.2, 0.25) is 0 Å². The molecular weight excluding hydrogens is 282 g/mol. The van der Waals surface area contributed by atoms with Crippen molar-refractivity contribution in [3.63, 3.8) is 0 Å². The number of halogens is 1. The van der Waals surface area contributed by atoms with E-state index in [1.54, 1.807) is 24.5 Å². The van der Waals surface area contributed by atoms with E-state index < -0.39 is 0 Å². The lowest BCUT2D eigenvalue weighted by molar-refractivity contribution is 0.298. The van der Waals surface area contributed by atoms with E-state index in [1.807, 2.05) is 28.8 Å². The number of pyridine rings is 1. The molecule has 4 heteroatoms. The molecule has 0 fully saturated rings. The Morgan fingerprint density at radius 1 is 1.18 bits per heavy atom. The largest absolute Gasteiger partial charge is 0.492 e. The maximum atomic E-state index is 10.9. The Bertz CT molecular complexity index is 531. The second-order valence-electron chi connectivity index (χ2n) is 3.58. The highest BCUT2D eigenvalue weighted by molar-refractivity contribution is 9.10. The topological polar surface area (TPSA) is 31.2 Å². The summed E-state index contributed by atoms with van der Waals surface area (Å²) in [7, 11) is 0. The van der Waals surface area contributed by atoms with Crippen molar-refractivity contribution < 1.29 is 4.74 Å². The van der Waals surface area contributed by atoms with Crippen LogP contribution in [0.3, 0.4) is 0 Å². The fourth-order valence-corrected chi connectivity index (χ4v) is 1.80. The van der Waals surface area contributed by atoms with Gasteiger partial charge in [0.15, 0.2) is 5.43 Å². The summed E-state index contributed by atoms with van der Waals surface area (Å²) in [6.07, 6.45) is 3.51. The van der Waals surface area contributed by atoms with Gasteiger partial charge in [-0.25, -0.2) is 0 Å². The molecule has 0 spiro atoms. The summed E-state index contributed by atoms with van der Waals surface area (Å²) < 4.78 is 8.51. The van der Waals surface area contributed by atoms with E-state index in [0.717, 1.165) is 10.2 Å². The highest BCUT2D eigenvalue weighted by Crippen LogP contribution is 2.17. The number of nitrogens with zero attached hydrogens (tertiary/aromatic N) is 1. The third kappa shape index (κ3) is 3.75. The number of ether oxygens (including phenoxy) is 1. The van der Waals surface area contributed by atoms with Crippen molar-refractivity contribution in [3.8, 4) is 5.75 Å². The molecule has 1 aromatic carbocycles. The van der Waals surface area contributed by atoms with Crippen molar-refractivity contribution in [2.24, 2.45) is 0 Å². The first-order chi connectivity index (χ1) is 8.24. The van der Waals surface area contributed by atoms with E-state index >= 15 is 0 Å². The Labute approximate surface area is 108 Å². The number of rotatable bonds is 4. The van der Waals surface area contributed by atoms with Crippen molar-refractivity contribution in [3.05, 3.63) is 63.5 Å². The van der Waals surface area contributed by atoms with E-state index in [0.29, 0.717) is 13.2 Å². The minimum Gasteiger partial charge on any atom is -0.492 e. The normalized spacial score (nSPS) is 10.2. The van der Waals surface area contributed by atoms with Crippen LogP contribution in [0.25, 0.3) is 0 Å². The van der Waals surface area contributed by atoms with Gasteiger partial charge in [-0.3, -0.25) is 4.79 Å². The van der Waals surface area contributed by atoms with Crippen LogP contribution in [-0.2, 0) is 6.54 Å². The molecule has 2 aromatic rings. The molecule has 0 aliphatic carbocycles. The average Bonchev–Trinajstić information content (AvgIpc) is 2.32. The number of aromatic nitrogens is 1. The summed E-state index contributed by atoms with van der Waals surface area (Å²) in [5.41, 5.74) is 0.0224. The zero-order valence-corrected chi connectivity index (χ0v) is 10.8. The molecule has 1 heterocycles. The van der Waals surface area contributed by atoms with Crippen LogP contribution in [0.4, 0.5) is 0 Å². The molecule has 0 N–H and O–H groups in total. The van der Waals surface area contributed by atoms with E-state index in [1.165, 1.54) is 0 Å². The zero-order chi connectivity index (χ0) is 12.1. The number of hydrogen-bond donors (Lipinski definition) is 0. The fourth-order valence-electron chi connectivity index (χ4n) is 1.42. The second-order valence-corrected chi connectivity index (χ2v) is 4.49. The smallest absolute Gasteiger partial charge is 0.181 e. The molecular formula is C13H12BrNO2. The molecule has 0 radical (unpaired) electrons. The van der Waals surface area contributed by atoms with Gasteiger partial charge in [-0.05, 0) is 18.2 Å². The van der Waals surface area contributed by atoms with Gasteiger partial charge in [-0.2, -0.15) is 0 Å². The summed E-state index contributed by atoms with van der Waals surface area (Å²) in [6.45, 7) is 1.28. The van der Waals surface area contributed by atoms with Crippen molar-refractivity contribution >= 4 is 15.9 Å². The maximum Gasteiger partial charge on any atom is 0.181 e. The van der Waals surface area contributed by atoms with Crippen LogP contribution < -0.4 is 10.2 Å². The van der Waals surface area contributed by atoms with Crippen LogP contribution in [-0.4, -0.2) is 11.2 Å². The van der Waals surface area contributed by atoms with Gasteiger partial charge in [0.1, 0.15) is 12.4 Å².